The largest absolute Gasteiger partial charge is 0.352 e. The van der Waals surface area contributed by atoms with Gasteiger partial charge in [-0.3, -0.25) is 4.79 Å². The van der Waals surface area contributed by atoms with E-state index in [-0.39, 0.29) is 12.1 Å². The first-order chi connectivity index (χ1) is 7.64. The predicted molar refractivity (Wildman–Crippen MR) is 59.2 cm³/mol. The van der Waals surface area contributed by atoms with Gasteiger partial charge in [0.25, 0.3) is 5.56 Å². The Balaban J connectivity index is 2.11. The van der Waals surface area contributed by atoms with Crippen LogP contribution < -0.4 is 16.2 Å². The molecule has 0 amide bonds. The minimum atomic E-state index is -1.28. The molecule has 1 saturated heterocycles. The molecule has 0 radical (unpaired) electrons. The van der Waals surface area contributed by atoms with E-state index < -0.39 is 5.67 Å². The lowest BCUT2D eigenvalue weighted by atomic mass is 9.93. The van der Waals surface area contributed by atoms with E-state index in [0.29, 0.717) is 31.7 Å². The number of nitrogens with two attached hydrogens (primary N) is 1. The fourth-order valence-electron chi connectivity index (χ4n) is 1.89. The summed E-state index contributed by atoms with van der Waals surface area (Å²) in [6, 6.07) is 0. The maximum atomic E-state index is 13.8. The third-order valence-electron chi connectivity index (χ3n) is 3.01. The number of nitrogens with zero attached hydrogens (tertiary/aromatic N) is 2. The number of H-pyrrole nitrogens is 1. The van der Waals surface area contributed by atoms with E-state index in [1.54, 1.807) is 4.90 Å². The Hall–Kier alpha value is -1.43. The molecule has 0 atom stereocenters. The van der Waals surface area contributed by atoms with Crippen molar-refractivity contribution in [3.63, 3.8) is 0 Å². The summed E-state index contributed by atoms with van der Waals surface area (Å²) in [6.45, 7) is 1.00. The van der Waals surface area contributed by atoms with Crippen molar-refractivity contribution >= 4 is 5.82 Å². The lowest BCUT2D eigenvalue weighted by Crippen LogP contribution is -2.47. The van der Waals surface area contributed by atoms with Crippen molar-refractivity contribution in [3.05, 3.63) is 22.7 Å². The van der Waals surface area contributed by atoms with E-state index in [4.69, 9.17) is 5.73 Å². The second-order valence-electron chi connectivity index (χ2n) is 4.08. The highest BCUT2D eigenvalue weighted by Gasteiger charge is 2.33. The molecule has 3 N–H and O–H groups in total. The first-order valence-electron chi connectivity index (χ1n) is 5.32. The summed E-state index contributed by atoms with van der Waals surface area (Å²) in [6.07, 6.45) is 3.70. The maximum Gasteiger partial charge on any atom is 0.290 e. The van der Waals surface area contributed by atoms with E-state index in [2.05, 4.69) is 9.97 Å². The van der Waals surface area contributed by atoms with Crippen LogP contribution in [0.1, 0.15) is 12.8 Å². The number of rotatable bonds is 2. The summed E-state index contributed by atoms with van der Waals surface area (Å²) in [7, 11) is 0. The van der Waals surface area contributed by atoms with E-state index >= 15 is 0 Å². The van der Waals surface area contributed by atoms with Crippen molar-refractivity contribution in [1.29, 1.82) is 0 Å². The molecule has 1 aromatic rings. The highest BCUT2D eigenvalue weighted by molar-refractivity contribution is 5.36. The minimum absolute atomic E-state index is 0.0411. The normalized spacial score (nSPS) is 19.8. The molecule has 2 heterocycles. The molecule has 0 unspecified atom stereocenters. The predicted octanol–water partition coefficient (Wildman–Crippen LogP) is 0.0371. The van der Waals surface area contributed by atoms with E-state index in [1.807, 2.05) is 0 Å². The van der Waals surface area contributed by atoms with Crippen LogP contribution in [0.4, 0.5) is 10.2 Å². The number of nitrogens with one attached hydrogen (secondary N) is 1. The summed E-state index contributed by atoms with van der Waals surface area (Å²) >= 11 is 0. The summed E-state index contributed by atoms with van der Waals surface area (Å²) in [5, 5.41) is 0. The molecule has 0 spiro atoms. The molecule has 0 saturated carbocycles. The standard InChI is InChI=1S/C10H15FN4O/c11-10(7-12)1-5-15(6-2-10)8-9(16)14-4-3-13-8/h3-4H,1-2,5-7,12H2,(H,14,16). The van der Waals surface area contributed by atoms with Crippen molar-refractivity contribution in [2.24, 2.45) is 5.73 Å². The number of alkyl halides is 1. The van der Waals surface area contributed by atoms with Crippen molar-refractivity contribution in [2.75, 3.05) is 24.5 Å². The molecule has 5 nitrogen and oxygen atoms in total. The van der Waals surface area contributed by atoms with Crippen molar-refractivity contribution in [2.45, 2.75) is 18.5 Å². The van der Waals surface area contributed by atoms with Crippen LogP contribution >= 0.6 is 0 Å². The Morgan fingerprint density at radius 1 is 1.56 bits per heavy atom. The molecule has 1 aliphatic rings. The molecule has 1 aromatic heterocycles. The van der Waals surface area contributed by atoms with Gasteiger partial charge in [-0.15, -0.1) is 0 Å². The van der Waals surface area contributed by atoms with Crippen LogP contribution in [0.25, 0.3) is 0 Å². The molecule has 0 aliphatic carbocycles. The van der Waals surface area contributed by atoms with Crippen LogP contribution in [0.15, 0.2) is 17.2 Å². The number of aromatic amines is 1. The maximum absolute atomic E-state index is 13.8. The van der Waals surface area contributed by atoms with Gasteiger partial charge in [0.05, 0.1) is 0 Å². The van der Waals surface area contributed by atoms with Gasteiger partial charge in [0.15, 0.2) is 5.82 Å². The molecule has 0 bridgehead atoms. The quantitative estimate of drug-likeness (QED) is 0.746. The topological polar surface area (TPSA) is 75.0 Å². The third-order valence-corrected chi connectivity index (χ3v) is 3.01. The SMILES string of the molecule is NCC1(F)CCN(c2ncc[nH]c2=O)CC1. The van der Waals surface area contributed by atoms with Gasteiger partial charge in [-0.25, -0.2) is 9.37 Å². The van der Waals surface area contributed by atoms with E-state index in [0.717, 1.165) is 0 Å². The molecule has 2 rings (SSSR count). The van der Waals surface area contributed by atoms with Crippen LogP contribution in [0, 0.1) is 0 Å². The molecule has 6 heteroatoms. The van der Waals surface area contributed by atoms with Crippen LogP contribution in [0.3, 0.4) is 0 Å². The smallest absolute Gasteiger partial charge is 0.290 e. The lowest BCUT2D eigenvalue weighted by Gasteiger charge is -2.35. The zero-order valence-corrected chi connectivity index (χ0v) is 8.95. The third kappa shape index (κ3) is 2.06. The second-order valence-corrected chi connectivity index (χ2v) is 4.08. The fraction of sp³-hybridized carbons (Fsp3) is 0.600. The van der Waals surface area contributed by atoms with Gasteiger partial charge in [0.1, 0.15) is 5.67 Å². The zero-order valence-electron chi connectivity index (χ0n) is 8.95. The number of halogens is 1. The summed E-state index contributed by atoms with van der Waals surface area (Å²) in [5.74, 6) is 0.363. The van der Waals surface area contributed by atoms with Crippen molar-refractivity contribution in [1.82, 2.24) is 9.97 Å². The summed E-state index contributed by atoms with van der Waals surface area (Å²) < 4.78 is 13.8. The Morgan fingerprint density at radius 3 is 2.81 bits per heavy atom. The van der Waals surface area contributed by atoms with Crippen LogP contribution in [0.5, 0.6) is 0 Å². The number of hydrogen-bond donors (Lipinski definition) is 2. The van der Waals surface area contributed by atoms with Gasteiger partial charge in [-0.2, -0.15) is 0 Å². The van der Waals surface area contributed by atoms with E-state index in [1.165, 1.54) is 12.4 Å². The molecule has 1 fully saturated rings. The van der Waals surface area contributed by atoms with Crippen molar-refractivity contribution < 1.29 is 4.39 Å². The number of hydrogen-bond acceptors (Lipinski definition) is 4. The lowest BCUT2D eigenvalue weighted by molar-refractivity contribution is 0.135. The Bertz CT molecular complexity index is 411. The second kappa shape index (κ2) is 4.21. The summed E-state index contributed by atoms with van der Waals surface area (Å²) in [5.41, 5.74) is 3.86. The highest BCUT2D eigenvalue weighted by Crippen LogP contribution is 2.26. The molecular formula is C10H15FN4O. The van der Waals surface area contributed by atoms with Crippen LogP contribution in [-0.4, -0.2) is 35.3 Å². The fourth-order valence-corrected chi connectivity index (χ4v) is 1.89. The average molecular weight is 226 g/mol. The first-order valence-corrected chi connectivity index (χ1v) is 5.32. The van der Waals surface area contributed by atoms with Gasteiger partial charge >= 0.3 is 0 Å². The van der Waals surface area contributed by atoms with Gasteiger partial charge in [-0.1, -0.05) is 0 Å². The monoisotopic (exact) mass is 226 g/mol. The van der Waals surface area contributed by atoms with Crippen molar-refractivity contribution in [3.8, 4) is 0 Å². The van der Waals surface area contributed by atoms with Gasteiger partial charge in [0.2, 0.25) is 0 Å². The molecule has 16 heavy (non-hydrogen) atoms. The van der Waals surface area contributed by atoms with Gasteiger partial charge in [-0.05, 0) is 0 Å². The molecule has 1 aliphatic heterocycles. The number of aromatic nitrogens is 2. The Kier molecular flexibility index (Phi) is 2.91. The molecular weight excluding hydrogens is 211 g/mol. The highest BCUT2D eigenvalue weighted by atomic mass is 19.1. The van der Waals surface area contributed by atoms with Gasteiger partial charge in [0, 0.05) is 44.9 Å². The minimum Gasteiger partial charge on any atom is -0.352 e. The van der Waals surface area contributed by atoms with Crippen LogP contribution in [-0.2, 0) is 0 Å². The molecule has 88 valence electrons. The number of anilines is 1. The van der Waals surface area contributed by atoms with E-state index in [9.17, 15) is 9.18 Å². The average Bonchev–Trinajstić information content (AvgIpc) is 2.31. The first kappa shape index (κ1) is 11.1. The molecule has 0 aromatic carbocycles. The summed E-state index contributed by atoms with van der Waals surface area (Å²) in [4.78, 5) is 19.8. The zero-order chi connectivity index (χ0) is 11.6. The van der Waals surface area contributed by atoms with Crippen LogP contribution in [0.2, 0.25) is 0 Å². The van der Waals surface area contributed by atoms with Gasteiger partial charge < -0.3 is 15.6 Å². The Morgan fingerprint density at radius 2 is 2.25 bits per heavy atom. The number of piperidine rings is 1. The Labute approximate surface area is 92.5 Å².